The third kappa shape index (κ3) is 19.7. The van der Waals surface area contributed by atoms with Crippen molar-refractivity contribution in [2.75, 3.05) is 0 Å². The van der Waals surface area contributed by atoms with Gasteiger partial charge in [-0.05, 0) is 13.3 Å². The Labute approximate surface area is 173 Å². The van der Waals surface area contributed by atoms with E-state index in [1.165, 1.54) is 45.4 Å². The average Bonchev–Trinajstić information content (AvgIpc) is 2.50. The van der Waals surface area contributed by atoms with Crippen molar-refractivity contribution in [2.45, 2.75) is 97.1 Å². The predicted molar refractivity (Wildman–Crippen MR) is 99.1 cm³/mol. The van der Waals surface area contributed by atoms with Gasteiger partial charge in [-0.25, -0.2) is 0 Å². The first-order chi connectivity index (χ1) is 11.5. The number of carbonyl (C=O) groups is 3. The van der Waals surface area contributed by atoms with Crippen LogP contribution < -0.4 is 5.32 Å². The minimum absolute atomic E-state index is 0. The second kappa shape index (κ2) is 18.4. The first kappa shape index (κ1) is 26.8. The summed E-state index contributed by atoms with van der Waals surface area (Å²) in [6.45, 7) is 3.61. The summed E-state index contributed by atoms with van der Waals surface area (Å²) in [5.74, 6) is -1.68. The summed E-state index contributed by atoms with van der Waals surface area (Å²) in [7, 11) is 0. The molecule has 0 aromatic heterocycles. The monoisotopic (exact) mass is 367 g/mol. The number of esters is 2. The van der Waals surface area contributed by atoms with Crippen LogP contribution in [0.3, 0.4) is 0 Å². The fourth-order valence-corrected chi connectivity index (χ4v) is 2.33. The molecule has 0 aliphatic carbocycles. The molecule has 0 bridgehead atoms. The topological polar surface area (TPSA) is 92.7 Å². The van der Waals surface area contributed by atoms with E-state index in [1.807, 2.05) is 0 Å². The molecule has 0 saturated carbocycles. The second-order valence-corrected chi connectivity index (χ2v) is 6.17. The molecule has 2 N–H and O–H groups in total. The van der Waals surface area contributed by atoms with Crippen LogP contribution in [-0.2, 0) is 19.1 Å². The molecule has 0 saturated heterocycles. The molecule has 0 aromatic carbocycles. The van der Waals surface area contributed by atoms with Gasteiger partial charge in [0.2, 0.25) is 5.91 Å². The SMILES string of the molecule is CCCCCCCCCCCC(=O)OC(=O)CCC(=O)NC(C)O.[NaH]. The minimum atomic E-state index is -0.957. The molecule has 0 spiro atoms. The molecular weight excluding hydrogens is 333 g/mol. The number of hydrogen-bond donors (Lipinski definition) is 2. The number of amides is 1. The molecule has 0 radical (unpaired) electrons. The van der Waals surface area contributed by atoms with Crippen molar-refractivity contribution >= 4 is 47.4 Å². The Morgan fingerprint density at radius 2 is 1.32 bits per heavy atom. The van der Waals surface area contributed by atoms with Gasteiger partial charge in [0.15, 0.2) is 0 Å². The maximum absolute atomic E-state index is 11.5. The number of rotatable bonds is 14. The quantitative estimate of drug-likeness (QED) is 0.162. The molecule has 6 nitrogen and oxygen atoms in total. The van der Waals surface area contributed by atoms with Crippen molar-refractivity contribution in [3.63, 3.8) is 0 Å². The number of nitrogens with one attached hydrogen (secondary N) is 1. The van der Waals surface area contributed by atoms with E-state index < -0.39 is 24.1 Å². The Hall–Kier alpha value is -0.430. The van der Waals surface area contributed by atoms with E-state index in [2.05, 4.69) is 17.0 Å². The van der Waals surface area contributed by atoms with Gasteiger partial charge in [0.1, 0.15) is 6.23 Å². The molecule has 0 aliphatic heterocycles. The number of aliphatic hydroxyl groups excluding tert-OH is 1. The zero-order valence-corrected chi connectivity index (χ0v) is 15.1. The van der Waals surface area contributed by atoms with Crippen molar-refractivity contribution in [1.82, 2.24) is 5.32 Å². The van der Waals surface area contributed by atoms with Crippen LogP contribution >= 0.6 is 0 Å². The van der Waals surface area contributed by atoms with Gasteiger partial charge < -0.3 is 15.2 Å². The van der Waals surface area contributed by atoms with Crippen LogP contribution in [0.1, 0.15) is 90.9 Å². The van der Waals surface area contributed by atoms with Crippen LogP contribution in [0.4, 0.5) is 0 Å². The fourth-order valence-electron chi connectivity index (χ4n) is 2.33. The van der Waals surface area contributed by atoms with Crippen LogP contribution in [0, 0.1) is 0 Å². The Morgan fingerprint density at radius 1 is 0.840 bits per heavy atom. The van der Waals surface area contributed by atoms with Crippen LogP contribution in [0.15, 0.2) is 0 Å². The first-order valence-corrected chi connectivity index (χ1v) is 9.16. The summed E-state index contributed by atoms with van der Waals surface area (Å²) in [4.78, 5) is 34.2. The summed E-state index contributed by atoms with van der Waals surface area (Å²) < 4.78 is 4.66. The molecule has 7 heteroatoms. The van der Waals surface area contributed by atoms with Gasteiger partial charge >= 0.3 is 41.5 Å². The summed E-state index contributed by atoms with van der Waals surface area (Å²) in [5, 5.41) is 11.2. The Kier molecular flexibility index (Phi) is 19.7. The van der Waals surface area contributed by atoms with Gasteiger partial charge in [-0.2, -0.15) is 0 Å². The van der Waals surface area contributed by atoms with Crippen molar-refractivity contribution in [3.8, 4) is 0 Å². The van der Waals surface area contributed by atoms with Crippen molar-refractivity contribution in [2.24, 2.45) is 0 Å². The van der Waals surface area contributed by atoms with Crippen molar-refractivity contribution in [3.05, 3.63) is 0 Å². The summed E-state index contributed by atoms with van der Waals surface area (Å²) in [6.07, 6.45) is 9.40. The summed E-state index contributed by atoms with van der Waals surface area (Å²) in [5.41, 5.74) is 0. The molecule has 142 valence electrons. The van der Waals surface area contributed by atoms with Gasteiger partial charge in [-0.15, -0.1) is 0 Å². The van der Waals surface area contributed by atoms with Crippen LogP contribution in [0.25, 0.3) is 0 Å². The van der Waals surface area contributed by atoms with Crippen LogP contribution in [0.5, 0.6) is 0 Å². The molecule has 0 heterocycles. The standard InChI is InChI=1S/C18H33NO5.Na.H/c1-3-4-5-6-7-8-9-10-11-12-17(22)24-18(23)14-13-16(21)19-15(2)20;;/h15,20H,3-14H2,1-2H3,(H,19,21);;. The maximum atomic E-state index is 11.5. The van der Waals surface area contributed by atoms with E-state index in [0.29, 0.717) is 0 Å². The van der Waals surface area contributed by atoms with Crippen LogP contribution in [-0.4, -0.2) is 58.7 Å². The third-order valence-electron chi connectivity index (χ3n) is 3.64. The normalized spacial score (nSPS) is 11.3. The number of ether oxygens (including phenoxy) is 1. The molecular formula is C18H34NNaO5. The summed E-state index contributed by atoms with van der Waals surface area (Å²) in [6, 6.07) is 0. The molecule has 0 aliphatic rings. The average molecular weight is 367 g/mol. The Morgan fingerprint density at radius 3 is 1.84 bits per heavy atom. The number of unbranched alkanes of at least 4 members (excludes halogenated alkanes) is 8. The molecule has 1 unspecified atom stereocenters. The van der Waals surface area contributed by atoms with E-state index in [4.69, 9.17) is 5.11 Å². The molecule has 1 atom stereocenters. The van der Waals surface area contributed by atoms with Gasteiger partial charge in [-0.3, -0.25) is 14.4 Å². The Bertz CT molecular complexity index is 374. The summed E-state index contributed by atoms with van der Waals surface area (Å²) >= 11 is 0. The fraction of sp³-hybridized carbons (Fsp3) is 0.833. The first-order valence-electron chi connectivity index (χ1n) is 9.16. The number of carbonyl (C=O) groups excluding carboxylic acids is 3. The van der Waals surface area contributed by atoms with E-state index in [0.717, 1.165) is 19.3 Å². The van der Waals surface area contributed by atoms with E-state index in [9.17, 15) is 14.4 Å². The van der Waals surface area contributed by atoms with E-state index in [1.54, 1.807) is 0 Å². The molecule has 0 aromatic rings. The van der Waals surface area contributed by atoms with Gasteiger partial charge in [0.25, 0.3) is 0 Å². The second-order valence-electron chi connectivity index (χ2n) is 6.17. The predicted octanol–water partition coefficient (Wildman–Crippen LogP) is 2.56. The van der Waals surface area contributed by atoms with Crippen molar-refractivity contribution in [1.29, 1.82) is 0 Å². The van der Waals surface area contributed by atoms with Gasteiger partial charge in [-0.1, -0.05) is 58.3 Å². The van der Waals surface area contributed by atoms with E-state index in [-0.39, 0.29) is 48.8 Å². The third-order valence-corrected chi connectivity index (χ3v) is 3.64. The zero-order valence-electron chi connectivity index (χ0n) is 15.1. The molecule has 1 amide bonds. The van der Waals surface area contributed by atoms with Gasteiger partial charge in [0, 0.05) is 12.8 Å². The molecule has 0 rings (SSSR count). The number of hydrogen-bond acceptors (Lipinski definition) is 5. The molecule has 0 fully saturated rings. The van der Waals surface area contributed by atoms with E-state index >= 15 is 0 Å². The Balaban J connectivity index is 0. The van der Waals surface area contributed by atoms with Crippen molar-refractivity contribution < 1.29 is 24.2 Å². The van der Waals surface area contributed by atoms with Crippen LogP contribution in [0.2, 0.25) is 0 Å². The number of aliphatic hydroxyl groups is 1. The zero-order chi connectivity index (χ0) is 18.2. The molecule has 25 heavy (non-hydrogen) atoms. The van der Waals surface area contributed by atoms with Gasteiger partial charge in [0.05, 0.1) is 6.42 Å².